The van der Waals surface area contributed by atoms with E-state index in [1.807, 2.05) is 0 Å². The van der Waals surface area contributed by atoms with Gasteiger partial charge >= 0.3 is 6.18 Å². The third-order valence-corrected chi connectivity index (χ3v) is 4.07. The van der Waals surface area contributed by atoms with Gasteiger partial charge in [0.05, 0.1) is 17.7 Å². The van der Waals surface area contributed by atoms with E-state index in [2.05, 4.69) is 5.32 Å². The van der Waals surface area contributed by atoms with Crippen LogP contribution in [0.15, 0.2) is 48.5 Å². The smallest absolute Gasteiger partial charge is 0.354 e. The van der Waals surface area contributed by atoms with Crippen LogP contribution in [0.3, 0.4) is 0 Å². The van der Waals surface area contributed by atoms with Crippen molar-refractivity contribution in [3.8, 4) is 0 Å². The molecule has 0 atom stereocenters. The molecule has 2 aromatic carbocycles. The fourth-order valence-corrected chi connectivity index (χ4v) is 2.68. The third kappa shape index (κ3) is 5.99. The van der Waals surface area contributed by atoms with Gasteiger partial charge in [-0.25, -0.2) is 0 Å². The predicted molar refractivity (Wildman–Crippen MR) is 97.6 cm³/mol. The van der Waals surface area contributed by atoms with E-state index in [1.54, 1.807) is 24.3 Å². The first-order chi connectivity index (χ1) is 12.7. The average Bonchev–Trinajstić information content (AvgIpc) is 2.60. The lowest BCUT2D eigenvalue weighted by Gasteiger charge is -2.25. The number of anilines is 1. The molecular weight excluding hydrogens is 381 g/mol. The number of nitrogens with one attached hydrogen (secondary N) is 1. The number of carbonyl (C=O) groups is 2. The van der Waals surface area contributed by atoms with Gasteiger partial charge in [0.2, 0.25) is 11.8 Å². The number of carbonyl (C=O) groups excluding carboxylic acids is 2. The maximum Gasteiger partial charge on any atom is 0.418 e. The molecule has 0 fully saturated rings. The average molecular weight is 399 g/mol. The largest absolute Gasteiger partial charge is 0.418 e. The van der Waals surface area contributed by atoms with E-state index in [0.717, 1.165) is 16.5 Å². The minimum absolute atomic E-state index is 0.0260. The second-order valence-corrected chi connectivity index (χ2v) is 6.28. The van der Waals surface area contributed by atoms with Crippen LogP contribution >= 0.6 is 11.6 Å². The van der Waals surface area contributed by atoms with Crippen LogP contribution in [0.1, 0.15) is 18.1 Å². The Balaban J connectivity index is 2.01. The predicted octanol–water partition coefficient (Wildman–Crippen LogP) is 4.07. The highest BCUT2D eigenvalue weighted by Crippen LogP contribution is 2.36. The fourth-order valence-electron chi connectivity index (χ4n) is 2.55. The number of amides is 2. The molecule has 0 saturated heterocycles. The molecule has 0 heterocycles. The summed E-state index contributed by atoms with van der Waals surface area (Å²) < 4.78 is 39.5. The van der Waals surface area contributed by atoms with E-state index in [0.29, 0.717) is 5.02 Å². The topological polar surface area (TPSA) is 49.4 Å². The van der Waals surface area contributed by atoms with Gasteiger partial charge in [-0.15, -0.1) is 0 Å². The van der Waals surface area contributed by atoms with E-state index in [9.17, 15) is 22.8 Å². The Bertz CT molecular complexity index is 807. The lowest BCUT2D eigenvalue weighted by Crippen LogP contribution is -2.38. The number of para-hydroxylation sites is 1. The quantitative estimate of drug-likeness (QED) is 0.797. The lowest BCUT2D eigenvalue weighted by molar-refractivity contribution is -0.137. The van der Waals surface area contributed by atoms with Crippen molar-refractivity contribution in [3.63, 3.8) is 0 Å². The summed E-state index contributed by atoms with van der Waals surface area (Å²) >= 11 is 5.78. The molecule has 1 N–H and O–H groups in total. The van der Waals surface area contributed by atoms with Crippen molar-refractivity contribution in [3.05, 3.63) is 64.7 Å². The van der Waals surface area contributed by atoms with Crippen molar-refractivity contribution in [1.82, 2.24) is 5.32 Å². The molecule has 0 bridgehead atoms. The summed E-state index contributed by atoms with van der Waals surface area (Å²) in [5, 5.41) is 3.17. The summed E-state index contributed by atoms with van der Waals surface area (Å²) in [5.74, 6) is -0.844. The molecule has 8 heteroatoms. The first-order valence-corrected chi connectivity index (χ1v) is 8.51. The van der Waals surface area contributed by atoms with Crippen LogP contribution in [-0.2, 0) is 22.2 Å². The van der Waals surface area contributed by atoms with E-state index >= 15 is 0 Å². The van der Waals surface area contributed by atoms with Crippen LogP contribution in [-0.4, -0.2) is 24.9 Å². The first-order valence-electron chi connectivity index (χ1n) is 8.14. The van der Waals surface area contributed by atoms with Crippen LogP contribution in [0.2, 0.25) is 5.02 Å². The molecule has 4 nitrogen and oxygen atoms in total. The zero-order chi connectivity index (χ0) is 20.0. The van der Waals surface area contributed by atoms with E-state index < -0.39 is 17.6 Å². The standard InChI is InChI=1S/C19H18ClF3N2O2/c1-13(26)25(17-5-3-2-4-16(17)19(21,22)23)11-10-24-18(27)12-14-6-8-15(20)9-7-14/h2-9H,10-12H2,1H3,(H,24,27). The van der Waals surface area contributed by atoms with Crippen LogP contribution in [0.5, 0.6) is 0 Å². The second kappa shape index (κ2) is 8.90. The van der Waals surface area contributed by atoms with Crippen molar-refractivity contribution in [2.75, 3.05) is 18.0 Å². The van der Waals surface area contributed by atoms with Crippen molar-refractivity contribution >= 4 is 29.1 Å². The lowest BCUT2D eigenvalue weighted by atomic mass is 10.1. The van der Waals surface area contributed by atoms with E-state index in [4.69, 9.17) is 11.6 Å². The number of hydrogen-bond donors (Lipinski definition) is 1. The minimum Gasteiger partial charge on any atom is -0.354 e. The normalized spacial score (nSPS) is 11.1. The first kappa shape index (κ1) is 20.8. The van der Waals surface area contributed by atoms with Gasteiger partial charge in [0.15, 0.2) is 0 Å². The number of benzene rings is 2. The highest BCUT2D eigenvalue weighted by Gasteiger charge is 2.35. The van der Waals surface area contributed by atoms with Crippen molar-refractivity contribution in [2.45, 2.75) is 19.5 Å². The van der Waals surface area contributed by atoms with E-state index in [-0.39, 0.29) is 31.1 Å². The Morgan fingerprint density at radius 3 is 2.30 bits per heavy atom. The van der Waals surface area contributed by atoms with Gasteiger partial charge in [-0.2, -0.15) is 13.2 Å². The van der Waals surface area contributed by atoms with Gasteiger partial charge < -0.3 is 10.2 Å². The summed E-state index contributed by atoms with van der Waals surface area (Å²) in [6.45, 7) is 1.13. The zero-order valence-electron chi connectivity index (χ0n) is 14.5. The van der Waals surface area contributed by atoms with Crippen LogP contribution in [0.25, 0.3) is 0 Å². The van der Waals surface area contributed by atoms with Gasteiger partial charge in [-0.1, -0.05) is 35.9 Å². The molecule has 0 spiro atoms. The zero-order valence-corrected chi connectivity index (χ0v) is 15.3. The van der Waals surface area contributed by atoms with Crippen LogP contribution < -0.4 is 10.2 Å². The number of hydrogen-bond acceptors (Lipinski definition) is 2. The maximum atomic E-state index is 13.2. The molecule has 144 valence electrons. The maximum absolute atomic E-state index is 13.2. The second-order valence-electron chi connectivity index (χ2n) is 5.84. The molecule has 0 unspecified atom stereocenters. The molecule has 2 amide bonds. The summed E-state index contributed by atoms with van der Waals surface area (Å²) in [4.78, 5) is 24.8. The highest BCUT2D eigenvalue weighted by atomic mass is 35.5. The number of rotatable bonds is 6. The van der Waals surface area contributed by atoms with E-state index in [1.165, 1.54) is 25.1 Å². The Morgan fingerprint density at radius 1 is 1.07 bits per heavy atom. The monoisotopic (exact) mass is 398 g/mol. The summed E-state index contributed by atoms with van der Waals surface area (Å²) in [7, 11) is 0. The fraction of sp³-hybridized carbons (Fsp3) is 0.263. The Hall–Kier alpha value is -2.54. The molecule has 27 heavy (non-hydrogen) atoms. The Kier molecular flexibility index (Phi) is 6.85. The van der Waals surface area contributed by atoms with Gasteiger partial charge in [-0.3, -0.25) is 9.59 Å². The molecular formula is C19H18ClF3N2O2. The molecule has 0 aromatic heterocycles. The molecule has 0 radical (unpaired) electrons. The van der Waals surface area contributed by atoms with Crippen molar-refractivity contribution in [2.24, 2.45) is 0 Å². The van der Waals surface area contributed by atoms with Crippen molar-refractivity contribution in [1.29, 1.82) is 0 Å². The van der Waals surface area contributed by atoms with Gasteiger partial charge in [0.25, 0.3) is 0 Å². The number of alkyl halides is 3. The molecule has 0 aliphatic carbocycles. The van der Waals surface area contributed by atoms with Gasteiger partial charge in [-0.05, 0) is 29.8 Å². The summed E-state index contributed by atoms with van der Waals surface area (Å²) in [6, 6.07) is 11.6. The Morgan fingerprint density at radius 2 is 1.70 bits per heavy atom. The van der Waals surface area contributed by atoms with Crippen LogP contribution in [0.4, 0.5) is 18.9 Å². The third-order valence-electron chi connectivity index (χ3n) is 3.82. The number of nitrogens with zero attached hydrogens (tertiary/aromatic N) is 1. The number of halogens is 4. The summed E-state index contributed by atoms with van der Waals surface area (Å²) in [5.41, 5.74) is -0.375. The molecule has 0 aliphatic heterocycles. The molecule has 2 rings (SSSR count). The molecule has 0 aliphatic rings. The SMILES string of the molecule is CC(=O)N(CCNC(=O)Cc1ccc(Cl)cc1)c1ccccc1C(F)(F)F. The Labute approximate surface area is 159 Å². The minimum atomic E-state index is -4.58. The van der Waals surface area contributed by atoms with Gasteiger partial charge in [0, 0.05) is 25.0 Å². The molecule has 0 saturated carbocycles. The van der Waals surface area contributed by atoms with Crippen LogP contribution in [0, 0.1) is 0 Å². The molecule has 2 aromatic rings. The summed E-state index contributed by atoms with van der Waals surface area (Å²) in [6.07, 6.45) is -4.47. The van der Waals surface area contributed by atoms with Crippen molar-refractivity contribution < 1.29 is 22.8 Å². The van der Waals surface area contributed by atoms with Gasteiger partial charge in [0.1, 0.15) is 0 Å². The highest BCUT2D eigenvalue weighted by molar-refractivity contribution is 6.30.